The van der Waals surface area contributed by atoms with Crippen molar-refractivity contribution in [2.45, 2.75) is 52.4 Å². The van der Waals surface area contributed by atoms with Crippen molar-refractivity contribution in [3.63, 3.8) is 0 Å². The third kappa shape index (κ3) is 10.2. The average Bonchev–Trinajstić information content (AvgIpc) is 3.29. The zero-order chi connectivity index (χ0) is 26.3. The Morgan fingerprint density at radius 1 is 1.14 bits per heavy atom. The Labute approximate surface area is 211 Å². The molecule has 1 N–H and O–H groups in total. The second-order valence-electron chi connectivity index (χ2n) is 8.45. The van der Waals surface area contributed by atoms with E-state index in [0.29, 0.717) is 58.4 Å². The van der Waals surface area contributed by atoms with Crippen LogP contribution >= 0.6 is 0 Å². The first kappa shape index (κ1) is 29.6. The van der Waals surface area contributed by atoms with Crippen molar-refractivity contribution >= 4 is 11.9 Å². The molecular weight excluding hydrogens is 474 g/mol. The van der Waals surface area contributed by atoms with E-state index in [2.05, 4.69) is 27.4 Å². The first-order valence-electron chi connectivity index (χ1n) is 11.9. The van der Waals surface area contributed by atoms with Gasteiger partial charge >= 0.3 is 5.97 Å². The van der Waals surface area contributed by atoms with E-state index < -0.39 is 12.4 Å². The van der Waals surface area contributed by atoms with Gasteiger partial charge in [0.1, 0.15) is 5.69 Å². The number of nitrogens with one attached hydrogen (secondary N) is 1. The average molecular weight is 512 g/mol. The van der Waals surface area contributed by atoms with Crippen molar-refractivity contribution in [1.82, 2.24) is 20.3 Å². The van der Waals surface area contributed by atoms with E-state index in [9.17, 15) is 9.59 Å². The molecule has 202 valence electrons. The van der Waals surface area contributed by atoms with Gasteiger partial charge in [0.2, 0.25) is 0 Å². The van der Waals surface area contributed by atoms with Crippen LogP contribution in [0.3, 0.4) is 0 Å². The SMILES string of the molecule is [C-]#[N+]CC(=O)NCCOCCOCCOCc1cn(CC2OC(OC)C(OC(C)=O)C(C)C2C)nn1. The van der Waals surface area contributed by atoms with Crippen molar-refractivity contribution in [1.29, 1.82) is 0 Å². The number of methoxy groups -OCH3 is 1. The minimum absolute atomic E-state index is 0.0469. The fourth-order valence-corrected chi connectivity index (χ4v) is 3.70. The fourth-order valence-electron chi connectivity index (χ4n) is 3.70. The molecule has 0 aromatic carbocycles. The van der Waals surface area contributed by atoms with Gasteiger partial charge in [0.25, 0.3) is 12.5 Å². The lowest BCUT2D eigenvalue weighted by molar-refractivity contribution is -0.269. The molecule has 13 heteroatoms. The van der Waals surface area contributed by atoms with Crippen LogP contribution in [0, 0.1) is 18.4 Å². The maximum absolute atomic E-state index is 11.4. The van der Waals surface area contributed by atoms with Gasteiger partial charge < -0.3 is 38.6 Å². The fraction of sp³-hybridized carbons (Fsp3) is 0.783. The highest BCUT2D eigenvalue weighted by molar-refractivity contribution is 5.79. The van der Waals surface area contributed by atoms with Gasteiger partial charge in [0.15, 0.2) is 12.4 Å². The Kier molecular flexibility index (Phi) is 13.3. The van der Waals surface area contributed by atoms with E-state index in [-0.39, 0.29) is 36.4 Å². The molecule has 5 unspecified atom stereocenters. The number of nitrogens with zero attached hydrogens (tertiary/aromatic N) is 4. The number of aromatic nitrogens is 3. The van der Waals surface area contributed by atoms with E-state index in [1.165, 1.54) is 14.0 Å². The third-order valence-electron chi connectivity index (χ3n) is 5.78. The highest BCUT2D eigenvalue weighted by atomic mass is 16.7. The molecule has 2 heterocycles. The normalized spacial score (nSPS) is 23.7. The summed E-state index contributed by atoms with van der Waals surface area (Å²) in [6, 6.07) is 0. The summed E-state index contributed by atoms with van der Waals surface area (Å²) in [5, 5.41) is 10.9. The van der Waals surface area contributed by atoms with Crippen LogP contribution in [0.2, 0.25) is 0 Å². The van der Waals surface area contributed by atoms with Crippen LogP contribution in [0.4, 0.5) is 0 Å². The molecule has 5 atom stereocenters. The first-order chi connectivity index (χ1) is 17.3. The number of hydrogen-bond donors (Lipinski definition) is 1. The van der Waals surface area contributed by atoms with Crippen molar-refractivity contribution < 1.29 is 38.0 Å². The summed E-state index contributed by atoms with van der Waals surface area (Å²) >= 11 is 0. The summed E-state index contributed by atoms with van der Waals surface area (Å²) in [5.74, 6) is -0.512. The maximum Gasteiger partial charge on any atom is 0.303 e. The highest BCUT2D eigenvalue weighted by Gasteiger charge is 2.43. The second kappa shape index (κ2) is 16.2. The van der Waals surface area contributed by atoms with Crippen LogP contribution in [0.25, 0.3) is 4.85 Å². The van der Waals surface area contributed by atoms with Crippen LogP contribution in [-0.4, -0.2) is 98.6 Å². The number of carbonyl (C=O) groups excluding carboxylic acids is 2. The van der Waals surface area contributed by atoms with Crippen LogP contribution in [-0.2, 0) is 51.2 Å². The molecule has 0 saturated carbocycles. The van der Waals surface area contributed by atoms with Gasteiger partial charge in [-0.15, -0.1) is 5.10 Å². The highest BCUT2D eigenvalue weighted by Crippen LogP contribution is 2.33. The van der Waals surface area contributed by atoms with E-state index in [4.69, 9.17) is 35.0 Å². The van der Waals surface area contributed by atoms with E-state index in [0.717, 1.165) is 0 Å². The maximum atomic E-state index is 11.4. The van der Waals surface area contributed by atoms with Crippen molar-refractivity contribution in [2.75, 3.05) is 53.2 Å². The molecule has 0 aliphatic carbocycles. The van der Waals surface area contributed by atoms with Crippen LogP contribution < -0.4 is 5.32 Å². The van der Waals surface area contributed by atoms with Gasteiger partial charge in [-0.05, 0) is 5.92 Å². The Bertz CT molecular complexity index is 843. The third-order valence-corrected chi connectivity index (χ3v) is 5.78. The number of esters is 1. The minimum Gasteiger partial charge on any atom is -0.457 e. The predicted octanol–water partition coefficient (Wildman–Crippen LogP) is 0.439. The lowest BCUT2D eigenvalue weighted by Crippen LogP contribution is -2.52. The van der Waals surface area contributed by atoms with E-state index in [1.54, 1.807) is 4.68 Å². The summed E-state index contributed by atoms with van der Waals surface area (Å²) in [6.07, 6.45) is 0.527. The monoisotopic (exact) mass is 511 g/mol. The Hall–Kier alpha value is -2.63. The molecule has 36 heavy (non-hydrogen) atoms. The summed E-state index contributed by atoms with van der Waals surface area (Å²) < 4.78 is 35.0. The van der Waals surface area contributed by atoms with E-state index in [1.807, 2.05) is 13.1 Å². The molecule has 1 aliphatic heterocycles. The Morgan fingerprint density at radius 2 is 1.83 bits per heavy atom. The molecule has 1 saturated heterocycles. The lowest BCUT2D eigenvalue weighted by atomic mass is 9.83. The molecule has 1 aromatic heterocycles. The summed E-state index contributed by atoms with van der Waals surface area (Å²) in [4.78, 5) is 25.6. The molecule has 0 bridgehead atoms. The standard InChI is InChI=1S/C23H37N5O8/c1-16-17(2)22(35-18(3)29)23(31-5)36-20(16)14-28-13-19(26-27-28)15-34-11-10-33-9-8-32-7-6-25-21(30)12-24-4/h13,16-17,20,22-23H,6-12,14-15H2,1-3,5H3,(H,25,30). The smallest absolute Gasteiger partial charge is 0.303 e. The topological polar surface area (TPSA) is 137 Å². The molecule has 1 fully saturated rings. The second-order valence-corrected chi connectivity index (χ2v) is 8.45. The zero-order valence-electron chi connectivity index (χ0n) is 21.4. The Morgan fingerprint density at radius 3 is 2.50 bits per heavy atom. The molecule has 0 radical (unpaired) electrons. The molecule has 2 rings (SSSR count). The summed E-state index contributed by atoms with van der Waals surface area (Å²) in [6.45, 7) is 15.0. The van der Waals surface area contributed by atoms with Gasteiger partial charge in [0.05, 0.1) is 58.5 Å². The number of amides is 1. The summed E-state index contributed by atoms with van der Waals surface area (Å²) in [5.41, 5.74) is 0.691. The van der Waals surface area contributed by atoms with E-state index >= 15 is 0 Å². The molecule has 1 amide bonds. The lowest BCUT2D eigenvalue weighted by Gasteiger charge is -2.43. The van der Waals surface area contributed by atoms with Gasteiger partial charge in [0, 0.05) is 26.5 Å². The van der Waals surface area contributed by atoms with Gasteiger partial charge in [-0.25, -0.2) is 11.3 Å². The van der Waals surface area contributed by atoms with Crippen molar-refractivity contribution in [3.05, 3.63) is 23.3 Å². The zero-order valence-corrected chi connectivity index (χ0v) is 21.4. The molecule has 1 aromatic rings. The molecular formula is C23H37N5O8. The molecule has 1 aliphatic rings. The van der Waals surface area contributed by atoms with Gasteiger partial charge in [-0.1, -0.05) is 19.1 Å². The Balaban J connectivity index is 1.60. The van der Waals surface area contributed by atoms with Crippen molar-refractivity contribution in [2.24, 2.45) is 11.8 Å². The van der Waals surface area contributed by atoms with Crippen molar-refractivity contribution in [3.8, 4) is 0 Å². The van der Waals surface area contributed by atoms with Gasteiger partial charge in [-0.2, -0.15) is 0 Å². The first-order valence-corrected chi connectivity index (χ1v) is 11.9. The largest absolute Gasteiger partial charge is 0.457 e. The number of hydrogen-bond acceptors (Lipinski definition) is 10. The quantitative estimate of drug-likeness (QED) is 0.189. The van der Waals surface area contributed by atoms with Gasteiger partial charge in [-0.3, -0.25) is 9.59 Å². The summed E-state index contributed by atoms with van der Waals surface area (Å²) in [7, 11) is 1.53. The minimum atomic E-state index is -0.641. The van der Waals surface area contributed by atoms with Crippen LogP contribution in [0.15, 0.2) is 6.20 Å². The molecule has 13 nitrogen and oxygen atoms in total. The van der Waals surface area contributed by atoms with Crippen LogP contribution in [0.1, 0.15) is 26.5 Å². The number of rotatable bonds is 16. The number of ether oxygens (including phenoxy) is 6. The molecule has 0 spiro atoms. The number of carbonyl (C=O) groups is 2. The predicted molar refractivity (Wildman–Crippen MR) is 125 cm³/mol. The van der Waals surface area contributed by atoms with Crippen LogP contribution in [0.5, 0.6) is 0 Å².